The second kappa shape index (κ2) is 2.72. The lowest BCUT2D eigenvalue weighted by Gasteiger charge is -2.15. The van der Waals surface area contributed by atoms with E-state index in [1.807, 2.05) is 0 Å². The number of nitrogens with one attached hydrogen (secondary N) is 2. The van der Waals surface area contributed by atoms with E-state index in [4.69, 9.17) is 23.2 Å². The molecule has 0 spiro atoms. The van der Waals surface area contributed by atoms with Gasteiger partial charge in [0.05, 0.1) is 0 Å². The van der Waals surface area contributed by atoms with Crippen molar-refractivity contribution >= 4 is 23.2 Å². The molecule has 0 saturated carbocycles. The van der Waals surface area contributed by atoms with Gasteiger partial charge in [-0.3, -0.25) is 10.6 Å². The first-order chi connectivity index (χ1) is 3.12. The lowest BCUT2D eigenvalue weighted by atomic mass is 11.0. The van der Waals surface area contributed by atoms with Crippen molar-refractivity contribution in [1.29, 1.82) is 0 Å². The highest BCUT2D eigenvalue weighted by Gasteiger charge is 2.15. The third kappa shape index (κ3) is 3.12. The van der Waals surface area contributed by atoms with E-state index in [0.717, 1.165) is 0 Å². The first-order valence-corrected chi connectivity index (χ1v) is 2.63. The molecule has 4 heteroatoms. The molecule has 0 unspecified atom stereocenters. The second-order valence-electron chi connectivity index (χ2n) is 1.07. The summed E-state index contributed by atoms with van der Waals surface area (Å²) in [7, 11) is 3.33. The van der Waals surface area contributed by atoms with Gasteiger partial charge in [-0.1, -0.05) is 23.2 Å². The zero-order chi connectivity index (χ0) is 5.91. The number of hydrogen-bond donors (Lipinski definition) is 2. The Bertz CT molecular complexity index is 48.9. The molecule has 0 aliphatic heterocycles. The molecule has 0 atom stereocenters. The Hall–Kier alpha value is 0.500. The van der Waals surface area contributed by atoms with Gasteiger partial charge in [0.15, 0.2) is 0 Å². The summed E-state index contributed by atoms with van der Waals surface area (Å²) in [6.07, 6.45) is 0. The van der Waals surface area contributed by atoms with Gasteiger partial charge in [0.25, 0.3) is 0 Å². The van der Waals surface area contributed by atoms with E-state index in [-0.39, 0.29) is 0 Å². The maximum absolute atomic E-state index is 5.45. The summed E-state index contributed by atoms with van der Waals surface area (Å²) in [4.78, 5) is 0. The molecule has 0 rings (SSSR count). The van der Waals surface area contributed by atoms with E-state index < -0.39 is 4.58 Å². The van der Waals surface area contributed by atoms with Crippen LogP contribution in [0.15, 0.2) is 0 Å². The Morgan fingerprint density at radius 1 is 1.14 bits per heavy atom. The topological polar surface area (TPSA) is 24.1 Å². The van der Waals surface area contributed by atoms with Crippen LogP contribution in [0.5, 0.6) is 0 Å². The molecular weight excluding hydrogens is 135 g/mol. The molecule has 0 fully saturated rings. The van der Waals surface area contributed by atoms with Crippen LogP contribution in [0.3, 0.4) is 0 Å². The molecule has 0 bridgehead atoms. The predicted molar refractivity (Wildman–Crippen MR) is 32.6 cm³/mol. The van der Waals surface area contributed by atoms with E-state index >= 15 is 0 Å². The molecule has 0 aromatic heterocycles. The fourth-order valence-electron chi connectivity index (χ4n) is 0.125. The van der Waals surface area contributed by atoms with Crippen LogP contribution in [0.2, 0.25) is 0 Å². The van der Waals surface area contributed by atoms with Gasteiger partial charge in [-0.05, 0) is 14.1 Å². The summed E-state index contributed by atoms with van der Waals surface area (Å²) < 4.78 is -0.972. The van der Waals surface area contributed by atoms with E-state index in [1.165, 1.54) is 0 Å². The van der Waals surface area contributed by atoms with Crippen LogP contribution in [-0.4, -0.2) is 18.7 Å². The minimum absolute atomic E-state index is 0.972. The van der Waals surface area contributed by atoms with Crippen LogP contribution in [0.4, 0.5) is 0 Å². The number of hydrogen-bond acceptors (Lipinski definition) is 2. The van der Waals surface area contributed by atoms with E-state index in [1.54, 1.807) is 14.1 Å². The van der Waals surface area contributed by atoms with Crippen molar-refractivity contribution in [3.05, 3.63) is 0 Å². The highest BCUT2D eigenvalue weighted by atomic mass is 35.5. The summed E-state index contributed by atoms with van der Waals surface area (Å²) >= 11 is 10.9. The highest BCUT2D eigenvalue weighted by molar-refractivity contribution is 6.47. The third-order valence-corrected chi connectivity index (χ3v) is 1.38. The fourth-order valence-corrected chi connectivity index (χ4v) is 0.125. The summed E-state index contributed by atoms with van der Waals surface area (Å²) in [5.41, 5.74) is 0. The van der Waals surface area contributed by atoms with Crippen LogP contribution in [0, 0.1) is 0 Å². The molecule has 2 nitrogen and oxygen atoms in total. The van der Waals surface area contributed by atoms with Crippen LogP contribution in [-0.2, 0) is 0 Å². The summed E-state index contributed by atoms with van der Waals surface area (Å²) in [6.45, 7) is 0. The highest BCUT2D eigenvalue weighted by Crippen LogP contribution is 2.08. The molecular formula is C3H8Cl2N2. The van der Waals surface area contributed by atoms with Crippen molar-refractivity contribution in [2.45, 2.75) is 4.58 Å². The Kier molecular flexibility index (Phi) is 2.92. The van der Waals surface area contributed by atoms with Crippen molar-refractivity contribution in [2.75, 3.05) is 14.1 Å². The SMILES string of the molecule is CNC(Cl)(Cl)NC. The van der Waals surface area contributed by atoms with Crippen LogP contribution < -0.4 is 10.6 Å². The predicted octanol–water partition coefficient (Wildman–Crippen LogP) is 0.514. The molecule has 0 aliphatic carbocycles. The molecule has 0 heterocycles. The van der Waals surface area contributed by atoms with E-state index in [2.05, 4.69) is 10.6 Å². The van der Waals surface area contributed by atoms with Crippen molar-refractivity contribution in [2.24, 2.45) is 0 Å². The molecule has 2 N–H and O–H groups in total. The van der Waals surface area contributed by atoms with Crippen LogP contribution in [0.1, 0.15) is 0 Å². The van der Waals surface area contributed by atoms with E-state index in [9.17, 15) is 0 Å². The van der Waals surface area contributed by atoms with Gasteiger partial charge < -0.3 is 0 Å². The number of halogens is 2. The van der Waals surface area contributed by atoms with Gasteiger partial charge in [0.2, 0.25) is 4.58 Å². The molecule has 0 aromatic carbocycles. The monoisotopic (exact) mass is 142 g/mol. The summed E-state index contributed by atoms with van der Waals surface area (Å²) in [5, 5.41) is 5.22. The molecule has 0 saturated heterocycles. The molecule has 7 heavy (non-hydrogen) atoms. The van der Waals surface area contributed by atoms with Crippen molar-refractivity contribution in [3.8, 4) is 0 Å². The molecule has 0 radical (unpaired) electrons. The minimum atomic E-state index is -0.972. The fraction of sp³-hybridized carbons (Fsp3) is 1.00. The first kappa shape index (κ1) is 7.50. The average Bonchev–Trinajstić information content (AvgIpc) is 1.68. The van der Waals surface area contributed by atoms with Crippen molar-refractivity contribution in [3.63, 3.8) is 0 Å². The number of rotatable bonds is 2. The maximum Gasteiger partial charge on any atom is 0.223 e. The molecule has 0 aromatic rings. The van der Waals surface area contributed by atoms with Crippen LogP contribution in [0.25, 0.3) is 0 Å². The van der Waals surface area contributed by atoms with Gasteiger partial charge in [0, 0.05) is 0 Å². The van der Waals surface area contributed by atoms with Crippen molar-refractivity contribution < 1.29 is 0 Å². The summed E-state index contributed by atoms with van der Waals surface area (Å²) in [6, 6.07) is 0. The van der Waals surface area contributed by atoms with E-state index in [0.29, 0.717) is 0 Å². The molecule has 0 amide bonds. The van der Waals surface area contributed by atoms with Gasteiger partial charge >= 0.3 is 0 Å². The lowest BCUT2D eigenvalue weighted by molar-refractivity contribution is 0.583. The lowest BCUT2D eigenvalue weighted by Crippen LogP contribution is -2.42. The zero-order valence-corrected chi connectivity index (χ0v) is 5.77. The number of alkyl halides is 2. The molecule has 0 aliphatic rings. The second-order valence-corrected chi connectivity index (χ2v) is 2.40. The Balaban J connectivity index is 3.36. The largest absolute Gasteiger partial charge is 0.277 e. The average molecular weight is 143 g/mol. The normalized spacial score (nSPS) is 12.0. The zero-order valence-electron chi connectivity index (χ0n) is 4.26. The first-order valence-electron chi connectivity index (χ1n) is 1.88. The Labute approximate surface area is 53.2 Å². The maximum atomic E-state index is 5.45. The van der Waals surface area contributed by atoms with Gasteiger partial charge in [-0.15, -0.1) is 0 Å². The van der Waals surface area contributed by atoms with Gasteiger partial charge in [-0.25, -0.2) is 0 Å². The van der Waals surface area contributed by atoms with Gasteiger partial charge in [-0.2, -0.15) is 0 Å². The smallest absolute Gasteiger partial charge is 0.223 e. The Morgan fingerprint density at radius 2 is 1.43 bits per heavy atom. The quantitative estimate of drug-likeness (QED) is 0.334. The van der Waals surface area contributed by atoms with Crippen molar-refractivity contribution in [1.82, 2.24) is 10.6 Å². The standard InChI is InChI=1S/C3H8Cl2N2/c1-6-3(4,5)7-2/h6-7H,1-2H3. The summed E-state index contributed by atoms with van der Waals surface area (Å²) in [5.74, 6) is 0. The Morgan fingerprint density at radius 3 is 1.43 bits per heavy atom. The van der Waals surface area contributed by atoms with Crippen LogP contribution >= 0.6 is 23.2 Å². The third-order valence-electron chi connectivity index (χ3n) is 0.628. The molecule has 44 valence electrons. The van der Waals surface area contributed by atoms with Gasteiger partial charge in [0.1, 0.15) is 0 Å². The minimum Gasteiger partial charge on any atom is -0.277 e.